The topological polar surface area (TPSA) is 129 Å². The number of fused-ring (bicyclic) bond motifs is 3. The predicted molar refractivity (Wildman–Crippen MR) is 181 cm³/mol. The summed E-state index contributed by atoms with van der Waals surface area (Å²) in [5, 5.41) is 11.6. The molecule has 0 unspecified atom stereocenters. The van der Waals surface area contributed by atoms with Crippen LogP contribution < -0.4 is 21.3 Å². The molecule has 0 radical (unpaired) electrons. The van der Waals surface area contributed by atoms with Gasteiger partial charge in [-0.2, -0.15) is 0 Å². The van der Waals surface area contributed by atoms with Crippen LogP contribution in [0.25, 0.3) is 11.1 Å². The van der Waals surface area contributed by atoms with Crippen molar-refractivity contribution in [3.05, 3.63) is 95.6 Å². The summed E-state index contributed by atoms with van der Waals surface area (Å²) in [5.74, 6) is -1.30. The second-order valence-corrected chi connectivity index (χ2v) is 12.7. The zero-order valence-corrected chi connectivity index (χ0v) is 27.5. The molecule has 1 aliphatic heterocycles. The van der Waals surface area contributed by atoms with E-state index in [0.29, 0.717) is 13.0 Å². The van der Waals surface area contributed by atoms with Crippen LogP contribution in [-0.4, -0.2) is 79.6 Å². The molecule has 3 aromatic rings. The molecule has 2 aliphatic rings. The zero-order chi connectivity index (χ0) is 33.5. The predicted octanol–water partition coefficient (Wildman–Crippen LogP) is 3.60. The molecule has 5 rings (SSSR count). The van der Waals surface area contributed by atoms with Crippen LogP contribution in [0.1, 0.15) is 49.8 Å². The van der Waals surface area contributed by atoms with Crippen molar-refractivity contribution < 1.29 is 23.9 Å². The average Bonchev–Trinajstić information content (AvgIpc) is 3.65. The lowest BCUT2D eigenvalue weighted by atomic mass is 9.98. The fourth-order valence-corrected chi connectivity index (χ4v) is 6.43. The van der Waals surface area contributed by atoms with Gasteiger partial charge in [0.15, 0.2) is 0 Å². The Morgan fingerprint density at radius 2 is 1.49 bits per heavy atom. The maximum Gasteiger partial charge on any atom is 0.407 e. The Labute approximate surface area is 276 Å². The van der Waals surface area contributed by atoms with Crippen molar-refractivity contribution in [2.75, 3.05) is 26.7 Å². The first-order chi connectivity index (χ1) is 22.7. The van der Waals surface area contributed by atoms with E-state index in [4.69, 9.17) is 4.74 Å². The lowest BCUT2D eigenvalue weighted by molar-refractivity contribution is -0.142. The maximum absolute atomic E-state index is 14.0. The van der Waals surface area contributed by atoms with Gasteiger partial charge in [-0.25, -0.2) is 4.79 Å². The number of benzene rings is 3. The van der Waals surface area contributed by atoms with Crippen LogP contribution in [0.2, 0.25) is 0 Å². The Morgan fingerprint density at radius 1 is 0.872 bits per heavy atom. The van der Waals surface area contributed by atoms with Crippen LogP contribution >= 0.6 is 0 Å². The van der Waals surface area contributed by atoms with Crippen LogP contribution in [0.5, 0.6) is 0 Å². The largest absolute Gasteiger partial charge is 0.449 e. The highest BCUT2D eigenvalue weighted by Crippen LogP contribution is 2.44. The summed E-state index contributed by atoms with van der Waals surface area (Å²) in [7, 11) is 1.67. The van der Waals surface area contributed by atoms with Crippen molar-refractivity contribution in [2.45, 2.75) is 63.7 Å². The van der Waals surface area contributed by atoms with Gasteiger partial charge in [-0.1, -0.05) is 92.7 Å². The summed E-state index contributed by atoms with van der Waals surface area (Å²) in [5.41, 5.74) is 5.59. The summed E-state index contributed by atoms with van der Waals surface area (Å²) < 4.78 is 5.77. The van der Waals surface area contributed by atoms with E-state index in [9.17, 15) is 19.2 Å². The van der Waals surface area contributed by atoms with E-state index < -0.39 is 30.3 Å². The molecule has 4 N–H and O–H groups in total. The number of hydrogen-bond acceptors (Lipinski definition) is 6. The minimum atomic E-state index is -0.842. The second kappa shape index (κ2) is 15.3. The van der Waals surface area contributed by atoms with Crippen molar-refractivity contribution in [2.24, 2.45) is 5.92 Å². The van der Waals surface area contributed by atoms with E-state index in [1.54, 1.807) is 14.0 Å². The van der Waals surface area contributed by atoms with E-state index in [1.807, 2.05) is 68.4 Å². The fourth-order valence-electron chi connectivity index (χ4n) is 6.43. The van der Waals surface area contributed by atoms with Gasteiger partial charge in [-0.05, 0) is 60.5 Å². The zero-order valence-electron chi connectivity index (χ0n) is 27.5. The Kier molecular flexibility index (Phi) is 10.9. The van der Waals surface area contributed by atoms with Gasteiger partial charge in [-0.15, -0.1) is 0 Å². The molecule has 4 amide bonds. The number of alkyl carbamates (subject to hydrolysis) is 1. The van der Waals surface area contributed by atoms with Gasteiger partial charge < -0.3 is 30.9 Å². The van der Waals surface area contributed by atoms with E-state index in [0.717, 1.165) is 27.8 Å². The van der Waals surface area contributed by atoms with Gasteiger partial charge in [0.1, 0.15) is 18.7 Å². The second-order valence-electron chi connectivity index (χ2n) is 12.7. The molecule has 10 nitrogen and oxygen atoms in total. The first-order valence-electron chi connectivity index (χ1n) is 16.4. The van der Waals surface area contributed by atoms with E-state index in [1.165, 1.54) is 4.90 Å². The molecule has 4 atom stereocenters. The quantitative estimate of drug-likeness (QED) is 0.240. The molecule has 1 saturated heterocycles. The van der Waals surface area contributed by atoms with Gasteiger partial charge in [0.05, 0.1) is 12.1 Å². The van der Waals surface area contributed by atoms with Crippen molar-refractivity contribution in [1.29, 1.82) is 0 Å². The first-order valence-corrected chi connectivity index (χ1v) is 16.4. The molecule has 0 saturated carbocycles. The van der Waals surface area contributed by atoms with Crippen LogP contribution in [-0.2, 0) is 25.5 Å². The average molecular weight is 640 g/mol. The minimum absolute atomic E-state index is 0.0895. The number of likely N-dealkylation sites (N-methyl/N-ethyl adjacent to an activating group) is 1. The third kappa shape index (κ3) is 7.82. The van der Waals surface area contributed by atoms with Gasteiger partial charge >= 0.3 is 6.09 Å². The molecular formula is C37H45N5O5. The standard InChI is InChI=1S/C37H45N5O5/c1-23(2)33(41-34(43)24(3)38-4)36(45)42-21-26(20-32(42)35(44)39-19-18-25-12-6-5-7-13-25)40-37(46)47-22-31-29-16-10-8-14-27(29)28-15-9-11-17-30(28)31/h5-17,23-24,26,31-33,38H,18-22H2,1-4H3,(H,39,44)(H,40,46)(H,41,43)/t24-,26-,32-,33-/m0/s1. The first kappa shape index (κ1) is 33.7. The number of amides is 4. The molecule has 10 heteroatoms. The summed E-state index contributed by atoms with van der Waals surface area (Å²) in [6, 6.07) is 23.4. The Hall–Kier alpha value is -4.70. The smallest absolute Gasteiger partial charge is 0.407 e. The number of hydrogen-bond donors (Lipinski definition) is 4. The number of nitrogens with zero attached hydrogens (tertiary/aromatic N) is 1. The maximum atomic E-state index is 14.0. The van der Waals surface area contributed by atoms with Gasteiger partial charge in [0.2, 0.25) is 17.7 Å². The summed E-state index contributed by atoms with van der Waals surface area (Å²) in [6.07, 6.45) is 0.256. The monoisotopic (exact) mass is 639 g/mol. The molecule has 0 spiro atoms. The van der Waals surface area contributed by atoms with E-state index in [-0.39, 0.29) is 49.1 Å². The van der Waals surface area contributed by atoms with Crippen molar-refractivity contribution in [3.63, 3.8) is 0 Å². The molecule has 248 valence electrons. The Bertz CT molecular complexity index is 1530. The highest BCUT2D eigenvalue weighted by atomic mass is 16.5. The van der Waals surface area contributed by atoms with E-state index >= 15 is 0 Å². The van der Waals surface area contributed by atoms with Crippen molar-refractivity contribution >= 4 is 23.8 Å². The van der Waals surface area contributed by atoms with Crippen molar-refractivity contribution in [1.82, 2.24) is 26.2 Å². The Balaban J connectivity index is 1.26. The van der Waals surface area contributed by atoms with Crippen LogP contribution in [0, 0.1) is 5.92 Å². The fraction of sp³-hybridized carbons (Fsp3) is 0.405. The number of nitrogens with one attached hydrogen (secondary N) is 4. The molecule has 3 aromatic carbocycles. The summed E-state index contributed by atoms with van der Waals surface area (Å²) in [4.78, 5) is 54.9. The molecule has 1 heterocycles. The number of carbonyl (C=O) groups is 4. The lowest BCUT2D eigenvalue weighted by Crippen LogP contribution is -2.57. The lowest BCUT2D eigenvalue weighted by Gasteiger charge is -2.31. The van der Waals surface area contributed by atoms with Gasteiger partial charge in [0.25, 0.3) is 0 Å². The van der Waals surface area contributed by atoms with Crippen LogP contribution in [0.4, 0.5) is 4.79 Å². The number of rotatable bonds is 12. The molecule has 0 aromatic heterocycles. The highest BCUT2D eigenvalue weighted by Gasteiger charge is 2.43. The number of ether oxygens (including phenoxy) is 1. The number of carbonyl (C=O) groups excluding carboxylic acids is 4. The minimum Gasteiger partial charge on any atom is -0.449 e. The van der Waals surface area contributed by atoms with Crippen LogP contribution in [0.15, 0.2) is 78.9 Å². The third-order valence-electron chi connectivity index (χ3n) is 9.16. The molecule has 0 bridgehead atoms. The molecule has 1 aliphatic carbocycles. The van der Waals surface area contributed by atoms with Crippen LogP contribution in [0.3, 0.4) is 0 Å². The molecule has 1 fully saturated rings. The number of likely N-dealkylation sites (tertiary alicyclic amines) is 1. The third-order valence-corrected chi connectivity index (χ3v) is 9.16. The van der Waals surface area contributed by atoms with E-state index in [2.05, 4.69) is 45.5 Å². The van der Waals surface area contributed by atoms with Gasteiger partial charge in [-0.3, -0.25) is 14.4 Å². The summed E-state index contributed by atoms with van der Waals surface area (Å²) >= 11 is 0. The molecule has 47 heavy (non-hydrogen) atoms. The van der Waals surface area contributed by atoms with Gasteiger partial charge in [0, 0.05) is 19.0 Å². The SMILES string of the molecule is CN[C@@H](C)C(=O)N[C@H](C(=O)N1C[C@@H](NC(=O)OCC2c3ccccc3-c3ccccc32)C[C@H]1C(=O)NCCc1ccccc1)C(C)C. The van der Waals surface area contributed by atoms with Crippen molar-refractivity contribution in [3.8, 4) is 11.1 Å². The Morgan fingerprint density at radius 3 is 2.11 bits per heavy atom. The molecular weight excluding hydrogens is 594 g/mol. The summed E-state index contributed by atoms with van der Waals surface area (Å²) in [6.45, 7) is 6.08. The highest BCUT2D eigenvalue weighted by molar-refractivity contribution is 5.94. The normalized spacial score (nSPS) is 18.2.